The molecule has 0 aliphatic carbocycles. The van der Waals surface area contributed by atoms with Crippen LogP contribution in [0.2, 0.25) is 0 Å². The lowest BCUT2D eigenvalue weighted by Crippen LogP contribution is -2.66. The molecule has 1 fully saturated rings. The van der Waals surface area contributed by atoms with Crippen molar-refractivity contribution in [1.82, 2.24) is 10.2 Å². The van der Waals surface area contributed by atoms with E-state index in [1.807, 2.05) is 20.8 Å². The van der Waals surface area contributed by atoms with Crippen LogP contribution in [-0.2, 0) is 9.53 Å². The highest BCUT2D eigenvalue weighted by Crippen LogP contribution is 2.28. The number of alkyl carbamates (subject to hydrolysis) is 1. The summed E-state index contributed by atoms with van der Waals surface area (Å²) in [6.45, 7) is 11.9. The summed E-state index contributed by atoms with van der Waals surface area (Å²) in [5, 5.41) is 11.6. The average Bonchev–Trinajstić information content (AvgIpc) is 2.31. The number of hydrogen-bond acceptors (Lipinski definition) is 4. The van der Waals surface area contributed by atoms with Gasteiger partial charge in [-0.15, -0.1) is 0 Å². The molecular formula is C16H27N3O3. The van der Waals surface area contributed by atoms with E-state index in [1.54, 1.807) is 25.7 Å². The van der Waals surface area contributed by atoms with Crippen LogP contribution in [0.15, 0.2) is 0 Å². The first-order valence-electron chi connectivity index (χ1n) is 7.76. The molecule has 0 aromatic heterocycles. The first kappa shape index (κ1) is 18.3. The van der Waals surface area contributed by atoms with Gasteiger partial charge >= 0.3 is 6.09 Å². The van der Waals surface area contributed by atoms with E-state index < -0.39 is 17.2 Å². The zero-order chi connectivity index (χ0) is 17.1. The molecule has 0 spiro atoms. The van der Waals surface area contributed by atoms with E-state index in [2.05, 4.69) is 11.4 Å². The van der Waals surface area contributed by atoms with E-state index in [4.69, 9.17) is 10.00 Å². The van der Waals surface area contributed by atoms with Crippen molar-refractivity contribution in [2.75, 3.05) is 13.1 Å². The molecule has 1 atom stereocenters. The number of nitrogens with zero attached hydrogens (tertiary/aromatic N) is 2. The van der Waals surface area contributed by atoms with E-state index in [9.17, 15) is 9.59 Å². The van der Waals surface area contributed by atoms with Crippen LogP contribution in [0, 0.1) is 23.2 Å². The molecule has 2 amide bonds. The third-order valence-electron chi connectivity index (χ3n) is 4.00. The van der Waals surface area contributed by atoms with Gasteiger partial charge in [0.2, 0.25) is 5.91 Å². The Labute approximate surface area is 132 Å². The molecule has 0 radical (unpaired) electrons. The minimum atomic E-state index is -0.997. The SMILES string of the molecule is CCC(NC(=O)OC(C)(C)C)(C(=O)N1CC(C#N)C1)C(C)C. The Morgan fingerprint density at radius 1 is 1.36 bits per heavy atom. The maximum absolute atomic E-state index is 12.8. The van der Waals surface area contributed by atoms with Crippen LogP contribution in [0.1, 0.15) is 48.0 Å². The van der Waals surface area contributed by atoms with Gasteiger partial charge in [0, 0.05) is 13.1 Å². The molecular weight excluding hydrogens is 282 g/mol. The van der Waals surface area contributed by atoms with Crippen molar-refractivity contribution in [3.8, 4) is 6.07 Å². The van der Waals surface area contributed by atoms with Crippen LogP contribution in [0.3, 0.4) is 0 Å². The second-order valence-electron chi connectivity index (χ2n) is 7.14. The minimum absolute atomic E-state index is 0.0846. The van der Waals surface area contributed by atoms with Gasteiger partial charge in [-0.25, -0.2) is 4.79 Å². The highest BCUT2D eigenvalue weighted by molar-refractivity contribution is 5.91. The molecule has 1 heterocycles. The maximum Gasteiger partial charge on any atom is 0.408 e. The number of ether oxygens (including phenoxy) is 1. The van der Waals surface area contributed by atoms with E-state index in [0.29, 0.717) is 19.5 Å². The molecule has 6 nitrogen and oxygen atoms in total. The summed E-state index contributed by atoms with van der Waals surface area (Å²) in [7, 11) is 0. The van der Waals surface area contributed by atoms with Crippen LogP contribution in [0.4, 0.5) is 4.79 Å². The van der Waals surface area contributed by atoms with Crippen molar-refractivity contribution in [2.24, 2.45) is 11.8 Å². The second-order valence-corrected chi connectivity index (χ2v) is 7.14. The summed E-state index contributed by atoms with van der Waals surface area (Å²) >= 11 is 0. The lowest BCUT2D eigenvalue weighted by atomic mass is 9.81. The summed E-state index contributed by atoms with van der Waals surface area (Å²) in [4.78, 5) is 26.6. The molecule has 1 aliphatic heterocycles. The monoisotopic (exact) mass is 309 g/mol. The number of likely N-dealkylation sites (tertiary alicyclic amines) is 1. The zero-order valence-electron chi connectivity index (χ0n) is 14.4. The van der Waals surface area contributed by atoms with Crippen LogP contribution in [-0.4, -0.2) is 41.1 Å². The molecule has 1 aliphatic rings. The molecule has 1 N–H and O–H groups in total. The Bertz CT molecular complexity index is 470. The number of nitrogens with one attached hydrogen (secondary N) is 1. The lowest BCUT2D eigenvalue weighted by Gasteiger charge is -2.45. The molecule has 0 bridgehead atoms. The maximum atomic E-state index is 12.8. The quantitative estimate of drug-likeness (QED) is 0.863. The van der Waals surface area contributed by atoms with Crippen LogP contribution >= 0.6 is 0 Å². The van der Waals surface area contributed by atoms with Gasteiger partial charge in [-0.1, -0.05) is 20.8 Å². The zero-order valence-corrected chi connectivity index (χ0v) is 14.4. The number of hydrogen-bond donors (Lipinski definition) is 1. The Morgan fingerprint density at radius 3 is 2.27 bits per heavy atom. The fraction of sp³-hybridized carbons (Fsp3) is 0.812. The molecule has 124 valence electrons. The van der Waals surface area contributed by atoms with Crippen molar-refractivity contribution in [2.45, 2.75) is 59.1 Å². The summed E-state index contributed by atoms with van der Waals surface area (Å²) in [5.41, 5.74) is -1.62. The van der Waals surface area contributed by atoms with Gasteiger partial charge in [0.25, 0.3) is 0 Å². The summed E-state index contributed by atoms with van der Waals surface area (Å²) in [6, 6.07) is 2.15. The highest BCUT2D eigenvalue weighted by Gasteiger charge is 2.47. The van der Waals surface area contributed by atoms with Crippen molar-refractivity contribution >= 4 is 12.0 Å². The summed E-state index contributed by atoms with van der Waals surface area (Å²) in [5.74, 6) is -0.326. The van der Waals surface area contributed by atoms with E-state index >= 15 is 0 Å². The predicted octanol–water partition coefficient (Wildman–Crippen LogP) is 2.30. The molecule has 1 unspecified atom stereocenters. The summed E-state index contributed by atoms with van der Waals surface area (Å²) in [6.07, 6.45) is -0.120. The molecule has 22 heavy (non-hydrogen) atoms. The number of amides is 2. The topological polar surface area (TPSA) is 82.4 Å². The lowest BCUT2D eigenvalue weighted by molar-refractivity contribution is -0.146. The van der Waals surface area contributed by atoms with Crippen molar-refractivity contribution in [1.29, 1.82) is 5.26 Å². The molecule has 1 rings (SSSR count). The first-order chi connectivity index (χ1) is 10.1. The van der Waals surface area contributed by atoms with Gasteiger partial charge in [0.05, 0.1) is 12.0 Å². The van der Waals surface area contributed by atoms with Crippen molar-refractivity contribution < 1.29 is 14.3 Å². The van der Waals surface area contributed by atoms with E-state index in [0.717, 1.165) is 0 Å². The van der Waals surface area contributed by atoms with Crippen molar-refractivity contribution in [3.05, 3.63) is 0 Å². The minimum Gasteiger partial charge on any atom is -0.444 e. The fourth-order valence-electron chi connectivity index (χ4n) is 2.59. The number of carbonyl (C=O) groups is 2. The number of carbonyl (C=O) groups excluding carboxylic acids is 2. The Balaban J connectivity index is 2.89. The van der Waals surface area contributed by atoms with Gasteiger partial charge in [-0.3, -0.25) is 4.79 Å². The predicted molar refractivity (Wildman–Crippen MR) is 82.9 cm³/mol. The Hall–Kier alpha value is -1.77. The third kappa shape index (κ3) is 3.90. The van der Waals surface area contributed by atoms with Gasteiger partial charge in [-0.05, 0) is 33.1 Å². The third-order valence-corrected chi connectivity index (χ3v) is 4.00. The Kier molecular flexibility index (Phi) is 5.44. The smallest absolute Gasteiger partial charge is 0.408 e. The van der Waals surface area contributed by atoms with Crippen LogP contribution < -0.4 is 5.32 Å². The number of rotatable bonds is 4. The fourth-order valence-corrected chi connectivity index (χ4v) is 2.59. The van der Waals surface area contributed by atoms with Crippen molar-refractivity contribution in [3.63, 3.8) is 0 Å². The Morgan fingerprint density at radius 2 is 1.91 bits per heavy atom. The largest absolute Gasteiger partial charge is 0.444 e. The standard InChI is InChI=1S/C16H27N3O3/c1-7-16(11(2)3,18-14(21)22-15(4,5)6)13(20)19-9-12(8-17)10-19/h11-12H,7,9-10H2,1-6H3,(H,18,21). The molecule has 0 saturated carbocycles. The molecule has 0 aromatic carbocycles. The summed E-state index contributed by atoms with van der Waals surface area (Å²) < 4.78 is 5.30. The first-order valence-corrected chi connectivity index (χ1v) is 7.76. The van der Waals surface area contributed by atoms with Crippen LogP contribution in [0.5, 0.6) is 0 Å². The normalized spacial score (nSPS) is 18.2. The van der Waals surface area contributed by atoms with E-state index in [1.165, 1.54) is 0 Å². The van der Waals surface area contributed by atoms with E-state index in [-0.39, 0.29) is 17.7 Å². The average molecular weight is 309 g/mol. The van der Waals surface area contributed by atoms with Gasteiger partial charge in [0.15, 0.2) is 0 Å². The molecule has 1 saturated heterocycles. The number of nitriles is 1. The molecule has 6 heteroatoms. The van der Waals surface area contributed by atoms with Crippen LogP contribution in [0.25, 0.3) is 0 Å². The second kappa shape index (κ2) is 6.55. The van der Waals surface area contributed by atoms with Gasteiger partial charge < -0.3 is 15.0 Å². The highest BCUT2D eigenvalue weighted by atomic mass is 16.6. The molecule has 0 aromatic rings. The van der Waals surface area contributed by atoms with Gasteiger partial charge in [-0.2, -0.15) is 5.26 Å². The van der Waals surface area contributed by atoms with Gasteiger partial charge in [0.1, 0.15) is 11.1 Å².